The average molecular weight is 275 g/mol. The molecule has 19 heavy (non-hydrogen) atoms. The van der Waals surface area contributed by atoms with Crippen LogP contribution in [0.3, 0.4) is 0 Å². The molecule has 98 valence electrons. The summed E-state index contributed by atoms with van der Waals surface area (Å²) in [7, 11) is 1.94. The Morgan fingerprint density at radius 1 is 1.05 bits per heavy atom. The normalized spacial score (nSPS) is 10.4. The van der Waals surface area contributed by atoms with Crippen molar-refractivity contribution in [2.24, 2.45) is 0 Å². The number of nitrogens with zero attached hydrogens (tertiary/aromatic N) is 1. The van der Waals surface area contributed by atoms with Gasteiger partial charge < -0.3 is 9.84 Å². The molecule has 0 fully saturated rings. The topological polar surface area (TPSA) is 38.1 Å². The van der Waals surface area contributed by atoms with Crippen LogP contribution in [-0.4, -0.2) is 12.2 Å². The van der Waals surface area contributed by atoms with Crippen LogP contribution in [0.25, 0.3) is 22.2 Å². The van der Waals surface area contributed by atoms with Crippen LogP contribution < -0.4 is 5.32 Å². The number of hydrogen-bond acceptors (Lipinski definition) is 3. The third-order valence-corrected chi connectivity index (χ3v) is 3.02. The second-order valence-electron chi connectivity index (χ2n) is 4.21. The maximum Gasteiger partial charge on any atom is 0.167 e. The number of para-hydroxylation sites is 1. The number of halogens is 1. The Hall–Kier alpha value is -1.84. The van der Waals surface area contributed by atoms with Crippen molar-refractivity contribution >= 4 is 23.4 Å². The predicted molar refractivity (Wildman–Crippen MR) is 79.5 cm³/mol. The summed E-state index contributed by atoms with van der Waals surface area (Å²) in [5.41, 5.74) is 4.08. The smallest absolute Gasteiger partial charge is 0.167 e. The highest BCUT2D eigenvalue weighted by Crippen LogP contribution is 2.29. The first kappa shape index (κ1) is 13.6. The summed E-state index contributed by atoms with van der Waals surface area (Å²) >= 11 is 0. The van der Waals surface area contributed by atoms with Crippen molar-refractivity contribution in [1.82, 2.24) is 10.5 Å². The zero-order valence-corrected chi connectivity index (χ0v) is 11.4. The minimum atomic E-state index is 0. The summed E-state index contributed by atoms with van der Waals surface area (Å²) in [5.74, 6) is 0. The molecular formula is C15H15ClN2O. The molecule has 1 N–H and O–H groups in total. The Kier molecular flexibility index (Phi) is 4.20. The van der Waals surface area contributed by atoms with E-state index in [4.69, 9.17) is 4.52 Å². The Bertz CT molecular complexity index is 678. The van der Waals surface area contributed by atoms with Gasteiger partial charge in [-0.05, 0) is 24.7 Å². The maximum atomic E-state index is 5.37. The number of aromatic nitrogens is 1. The van der Waals surface area contributed by atoms with Crippen molar-refractivity contribution < 1.29 is 4.52 Å². The van der Waals surface area contributed by atoms with Gasteiger partial charge in [-0.3, -0.25) is 0 Å². The molecule has 0 aliphatic heterocycles. The minimum Gasteiger partial charge on any atom is -0.356 e. The van der Waals surface area contributed by atoms with Crippen molar-refractivity contribution in [2.45, 2.75) is 6.54 Å². The SMILES string of the molecule is CNCc1ccccc1-c1noc2ccccc12.Cl. The quantitative estimate of drug-likeness (QED) is 0.792. The zero-order chi connectivity index (χ0) is 12.4. The fourth-order valence-electron chi connectivity index (χ4n) is 2.18. The standard InChI is InChI=1S/C15H14N2O.ClH/c1-16-10-11-6-2-3-7-12(11)15-13-8-4-5-9-14(13)18-17-15;/h2-9,16H,10H2,1H3;1H. The summed E-state index contributed by atoms with van der Waals surface area (Å²) in [6, 6.07) is 16.2. The van der Waals surface area contributed by atoms with Gasteiger partial charge in [0.1, 0.15) is 5.69 Å². The van der Waals surface area contributed by atoms with Crippen molar-refractivity contribution in [3.05, 3.63) is 54.1 Å². The first-order valence-electron chi connectivity index (χ1n) is 5.97. The molecule has 0 aliphatic carbocycles. The zero-order valence-electron chi connectivity index (χ0n) is 10.6. The summed E-state index contributed by atoms with van der Waals surface area (Å²) in [6.07, 6.45) is 0. The molecular weight excluding hydrogens is 260 g/mol. The van der Waals surface area contributed by atoms with E-state index >= 15 is 0 Å². The van der Waals surface area contributed by atoms with Crippen molar-refractivity contribution in [2.75, 3.05) is 7.05 Å². The molecule has 4 heteroatoms. The van der Waals surface area contributed by atoms with Crippen LogP contribution >= 0.6 is 12.4 Å². The van der Waals surface area contributed by atoms with Gasteiger partial charge in [0, 0.05) is 17.5 Å². The van der Waals surface area contributed by atoms with Gasteiger partial charge >= 0.3 is 0 Å². The summed E-state index contributed by atoms with van der Waals surface area (Å²) < 4.78 is 5.37. The lowest BCUT2D eigenvalue weighted by Crippen LogP contribution is -2.06. The molecule has 0 unspecified atom stereocenters. The Balaban J connectivity index is 0.00000133. The fourth-order valence-corrected chi connectivity index (χ4v) is 2.18. The highest BCUT2D eigenvalue weighted by molar-refractivity contribution is 5.92. The molecule has 0 bridgehead atoms. The molecule has 1 aromatic heterocycles. The van der Waals surface area contributed by atoms with Crippen molar-refractivity contribution in [3.63, 3.8) is 0 Å². The molecule has 0 spiro atoms. The van der Waals surface area contributed by atoms with E-state index in [0.717, 1.165) is 28.8 Å². The molecule has 0 amide bonds. The molecule has 2 aromatic carbocycles. The molecule has 0 atom stereocenters. The summed E-state index contributed by atoms with van der Waals surface area (Å²) in [5, 5.41) is 8.44. The van der Waals surface area contributed by atoms with Gasteiger partial charge in [-0.1, -0.05) is 41.6 Å². The monoisotopic (exact) mass is 274 g/mol. The fraction of sp³-hybridized carbons (Fsp3) is 0.133. The molecule has 3 aromatic rings. The van der Waals surface area contributed by atoms with E-state index < -0.39 is 0 Å². The van der Waals surface area contributed by atoms with Crippen LogP contribution in [0, 0.1) is 0 Å². The van der Waals surface area contributed by atoms with Crippen molar-refractivity contribution in [3.8, 4) is 11.3 Å². The number of hydrogen-bond donors (Lipinski definition) is 1. The third-order valence-electron chi connectivity index (χ3n) is 3.02. The number of rotatable bonds is 3. The van der Waals surface area contributed by atoms with Crippen LogP contribution in [-0.2, 0) is 6.54 Å². The van der Waals surface area contributed by atoms with Gasteiger partial charge in [0.05, 0.1) is 0 Å². The molecule has 0 radical (unpaired) electrons. The molecule has 0 saturated heterocycles. The number of nitrogens with one attached hydrogen (secondary N) is 1. The van der Waals surface area contributed by atoms with E-state index in [0.29, 0.717) is 0 Å². The predicted octanol–water partition coefficient (Wildman–Crippen LogP) is 3.64. The highest BCUT2D eigenvalue weighted by atomic mass is 35.5. The lowest BCUT2D eigenvalue weighted by atomic mass is 10.0. The second kappa shape index (κ2) is 5.87. The number of benzene rings is 2. The van der Waals surface area contributed by atoms with E-state index in [1.54, 1.807) is 0 Å². The first-order chi connectivity index (χ1) is 8.90. The van der Waals surface area contributed by atoms with Crippen molar-refractivity contribution in [1.29, 1.82) is 0 Å². The Labute approximate surface area is 118 Å². The van der Waals surface area contributed by atoms with Crippen LogP contribution in [0.5, 0.6) is 0 Å². The first-order valence-corrected chi connectivity index (χ1v) is 5.97. The lowest BCUT2D eigenvalue weighted by Gasteiger charge is -2.06. The maximum absolute atomic E-state index is 5.37. The van der Waals surface area contributed by atoms with Crippen LogP contribution in [0.4, 0.5) is 0 Å². The summed E-state index contributed by atoms with van der Waals surface area (Å²) in [6.45, 7) is 0.817. The van der Waals surface area contributed by atoms with Gasteiger partial charge in [0.25, 0.3) is 0 Å². The third kappa shape index (κ3) is 2.48. The van der Waals surface area contributed by atoms with E-state index in [1.165, 1.54) is 5.56 Å². The van der Waals surface area contributed by atoms with E-state index in [1.807, 2.05) is 43.4 Å². The molecule has 3 rings (SSSR count). The number of fused-ring (bicyclic) bond motifs is 1. The van der Waals surface area contributed by atoms with Gasteiger partial charge in [0.15, 0.2) is 5.58 Å². The van der Waals surface area contributed by atoms with E-state index in [9.17, 15) is 0 Å². The Morgan fingerprint density at radius 3 is 2.63 bits per heavy atom. The van der Waals surface area contributed by atoms with Crippen LogP contribution in [0.15, 0.2) is 53.1 Å². The van der Waals surface area contributed by atoms with Gasteiger partial charge in [-0.2, -0.15) is 0 Å². The Morgan fingerprint density at radius 2 is 1.79 bits per heavy atom. The van der Waals surface area contributed by atoms with Crippen LogP contribution in [0.1, 0.15) is 5.56 Å². The molecule has 0 saturated carbocycles. The van der Waals surface area contributed by atoms with Gasteiger partial charge in [0.2, 0.25) is 0 Å². The lowest BCUT2D eigenvalue weighted by molar-refractivity contribution is 0.459. The molecule has 3 nitrogen and oxygen atoms in total. The molecule has 1 heterocycles. The van der Waals surface area contributed by atoms with E-state index in [2.05, 4.69) is 22.6 Å². The average Bonchev–Trinajstić information content (AvgIpc) is 2.84. The van der Waals surface area contributed by atoms with Gasteiger partial charge in [-0.15, -0.1) is 12.4 Å². The van der Waals surface area contributed by atoms with Gasteiger partial charge in [-0.25, -0.2) is 0 Å². The highest BCUT2D eigenvalue weighted by Gasteiger charge is 2.12. The van der Waals surface area contributed by atoms with E-state index in [-0.39, 0.29) is 12.4 Å². The van der Waals surface area contributed by atoms with Crippen LogP contribution in [0.2, 0.25) is 0 Å². The largest absolute Gasteiger partial charge is 0.356 e. The second-order valence-corrected chi connectivity index (χ2v) is 4.21. The minimum absolute atomic E-state index is 0. The molecule has 0 aliphatic rings. The summed E-state index contributed by atoms with van der Waals surface area (Å²) in [4.78, 5) is 0.